The minimum absolute atomic E-state index is 0.0424. The summed E-state index contributed by atoms with van der Waals surface area (Å²) >= 11 is 0. The van der Waals surface area contributed by atoms with Crippen LogP contribution in [-0.2, 0) is 34.3 Å². The molecule has 0 aliphatic carbocycles. The third kappa shape index (κ3) is 6.70. The van der Waals surface area contributed by atoms with Crippen molar-refractivity contribution in [2.75, 3.05) is 6.54 Å². The molecule has 0 fully saturated rings. The van der Waals surface area contributed by atoms with E-state index in [0.29, 0.717) is 25.8 Å². The van der Waals surface area contributed by atoms with Crippen LogP contribution in [0.4, 0.5) is 0 Å². The maximum Gasteiger partial charge on any atom is 0.303 e. The van der Waals surface area contributed by atoms with Gasteiger partial charge in [0.2, 0.25) is 10.0 Å². The maximum absolute atomic E-state index is 13.4. The van der Waals surface area contributed by atoms with Gasteiger partial charge >= 0.3 is 5.97 Å². The zero-order valence-electron chi connectivity index (χ0n) is 21.0. The molecule has 1 atom stereocenters. The van der Waals surface area contributed by atoms with Gasteiger partial charge in [-0.25, -0.2) is 8.42 Å². The molecule has 1 heterocycles. The molecule has 1 aromatic heterocycles. The number of carboxylic acid groups (broad SMARTS) is 1. The lowest BCUT2D eigenvalue weighted by molar-refractivity contribution is -0.137. The molecule has 194 valence electrons. The molecule has 0 saturated carbocycles. The molecule has 3 rings (SSSR count). The predicted molar refractivity (Wildman–Crippen MR) is 136 cm³/mol. The number of phenolic OH excluding ortho intramolecular Hbond substituents is 1. The number of carbonyl (C=O) groups is 1. The van der Waals surface area contributed by atoms with Crippen LogP contribution in [0.3, 0.4) is 0 Å². The molecule has 9 nitrogen and oxygen atoms in total. The Morgan fingerprint density at radius 3 is 2.56 bits per heavy atom. The van der Waals surface area contributed by atoms with E-state index in [1.807, 2.05) is 45.2 Å². The van der Waals surface area contributed by atoms with Crippen molar-refractivity contribution in [3.63, 3.8) is 0 Å². The van der Waals surface area contributed by atoms with E-state index in [2.05, 4.69) is 10.3 Å². The highest BCUT2D eigenvalue weighted by Gasteiger charge is 2.27. The lowest BCUT2D eigenvalue weighted by Crippen LogP contribution is -2.31. The first-order valence-electron chi connectivity index (χ1n) is 12.1. The molecule has 0 aliphatic heterocycles. The quantitative estimate of drug-likeness (QED) is 0.352. The Morgan fingerprint density at radius 2 is 1.92 bits per heavy atom. The molecule has 3 aromatic rings. The minimum Gasteiger partial charge on any atom is -0.507 e. The number of sulfonamides is 1. The number of aromatic nitrogens is 3. The Morgan fingerprint density at radius 1 is 1.17 bits per heavy atom. The first-order valence-corrected chi connectivity index (χ1v) is 13.6. The predicted octanol–water partition coefficient (Wildman–Crippen LogP) is 4.10. The highest BCUT2D eigenvalue weighted by Crippen LogP contribution is 2.30. The van der Waals surface area contributed by atoms with E-state index >= 15 is 0 Å². The zero-order chi connectivity index (χ0) is 26.3. The Kier molecular flexibility index (Phi) is 9.22. The van der Waals surface area contributed by atoms with E-state index in [1.54, 1.807) is 16.8 Å². The van der Waals surface area contributed by atoms with E-state index in [4.69, 9.17) is 0 Å². The first kappa shape index (κ1) is 27.3. The maximum atomic E-state index is 13.4. The van der Waals surface area contributed by atoms with Gasteiger partial charge in [0.1, 0.15) is 10.6 Å². The summed E-state index contributed by atoms with van der Waals surface area (Å²) in [6.07, 6.45) is 3.59. The SMILES string of the molecule is CCCN(Cc1cc(C(CCc2cn(CC)nn2)CC(=O)O)ccc1C)S(=O)(=O)c1ccccc1O. The van der Waals surface area contributed by atoms with Crippen LogP contribution in [0, 0.1) is 6.92 Å². The summed E-state index contributed by atoms with van der Waals surface area (Å²) in [6.45, 7) is 6.89. The summed E-state index contributed by atoms with van der Waals surface area (Å²) < 4.78 is 29.9. The van der Waals surface area contributed by atoms with Crippen molar-refractivity contribution in [2.24, 2.45) is 0 Å². The number of carboxylic acids is 1. The molecule has 0 saturated heterocycles. The number of hydrogen-bond donors (Lipinski definition) is 2. The second-order valence-electron chi connectivity index (χ2n) is 8.89. The van der Waals surface area contributed by atoms with Crippen molar-refractivity contribution in [1.82, 2.24) is 19.3 Å². The van der Waals surface area contributed by atoms with Crippen LogP contribution in [0.5, 0.6) is 5.75 Å². The number of rotatable bonds is 13. The lowest BCUT2D eigenvalue weighted by Gasteiger charge is -2.24. The Hall–Kier alpha value is -3.24. The van der Waals surface area contributed by atoms with Gasteiger partial charge in [-0.15, -0.1) is 5.10 Å². The standard InChI is InChI=1S/C26H34N4O5S/c1-4-14-30(36(34,35)25-9-7-6-8-24(25)31)17-22-15-20(11-10-19(22)3)21(16-26(32)33)12-13-23-18-29(5-2)28-27-23/h6-11,15,18,21,31H,4-5,12-14,16-17H2,1-3H3,(H,32,33). The highest BCUT2D eigenvalue weighted by molar-refractivity contribution is 7.89. The molecule has 2 aromatic carbocycles. The van der Waals surface area contributed by atoms with Gasteiger partial charge in [-0.05, 0) is 67.9 Å². The normalized spacial score (nSPS) is 12.7. The number of aryl methyl sites for hydroxylation is 3. The summed E-state index contributed by atoms with van der Waals surface area (Å²) in [5.41, 5.74) is 3.36. The van der Waals surface area contributed by atoms with Gasteiger partial charge < -0.3 is 10.2 Å². The van der Waals surface area contributed by atoms with Gasteiger partial charge in [0.05, 0.1) is 12.1 Å². The average Bonchev–Trinajstić information content (AvgIpc) is 3.31. The van der Waals surface area contributed by atoms with Crippen LogP contribution in [0.15, 0.2) is 53.6 Å². The molecule has 1 unspecified atom stereocenters. The summed E-state index contributed by atoms with van der Waals surface area (Å²) in [5, 5.41) is 27.9. The third-order valence-corrected chi connectivity index (χ3v) is 8.12. The second kappa shape index (κ2) is 12.1. The van der Waals surface area contributed by atoms with Gasteiger partial charge in [0.25, 0.3) is 0 Å². The van der Waals surface area contributed by atoms with Gasteiger partial charge in [-0.1, -0.05) is 42.5 Å². The van der Waals surface area contributed by atoms with Crippen LogP contribution < -0.4 is 0 Å². The van der Waals surface area contributed by atoms with Gasteiger partial charge in [0.15, 0.2) is 0 Å². The van der Waals surface area contributed by atoms with Crippen LogP contribution in [0.2, 0.25) is 0 Å². The van der Waals surface area contributed by atoms with E-state index < -0.39 is 16.0 Å². The summed E-state index contributed by atoms with van der Waals surface area (Å²) in [4.78, 5) is 11.5. The van der Waals surface area contributed by atoms with Crippen LogP contribution in [-0.4, -0.2) is 50.4 Å². The van der Waals surface area contributed by atoms with Crippen LogP contribution >= 0.6 is 0 Å². The average molecular weight is 515 g/mol. The lowest BCUT2D eigenvalue weighted by atomic mass is 9.88. The second-order valence-corrected chi connectivity index (χ2v) is 10.8. The van der Waals surface area contributed by atoms with Gasteiger partial charge in [-0.3, -0.25) is 9.48 Å². The molecule has 2 N–H and O–H groups in total. The smallest absolute Gasteiger partial charge is 0.303 e. The molecule has 36 heavy (non-hydrogen) atoms. The van der Waals surface area contributed by atoms with E-state index in [-0.39, 0.29) is 36.1 Å². The minimum atomic E-state index is -3.94. The van der Waals surface area contributed by atoms with Gasteiger partial charge in [-0.2, -0.15) is 4.31 Å². The monoisotopic (exact) mass is 514 g/mol. The summed E-state index contributed by atoms with van der Waals surface area (Å²) in [5.74, 6) is -1.44. The third-order valence-electron chi connectivity index (χ3n) is 6.23. The topological polar surface area (TPSA) is 126 Å². The molecule has 0 aliphatic rings. The Balaban J connectivity index is 1.89. The molecule has 10 heteroatoms. The fourth-order valence-corrected chi connectivity index (χ4v) is 5.77. The van der Waals surface area contributed by atoms with Crippen LogP contribution in [0.1, 0.15) is 61.4 Å². The molecule has 0 radical (unpaired) electrons. The molecule has 0 spiro atoms. The van der Waals surface area contributed by atoms with E-state index in [1.165, 1.54) is 16.4 Å². The Labute approximate surface area is 212 Å². The fourth-order valence-electron chi connectivity index (χ4n) is 4.18. The molecule has 0 bridgehead atoms. The van der Waals surface area contributed by atoms with Crippen molar-refractivity contribution in [3.8, 4) is 5.75 Å². The molecular formula is C26H34N4O5S. The van der Waals surface area contributed by atoms with Crippen LogP contribution in [0.25, 0.3) is 0 Å². The number of aromatic hydroxyl groups is 1. The van der Waals surface area contributed by atoms with Gasteiger partial charge in [0, 0.05) is 25.8 Å². The number of phenols is 1. The number of nitrogens with zero attached hydrogens (tertiary/aromatic N) is 4. The van der Waals surface area contributed by atoms with E-state index in [9.17, 15) is 23.4 Å². The summed E-state index contributed by atoms with van der Waals surface area (Å²) in [6, 6.07) is 11.7. The largest absolute Gasteiger partial charge is 0.507 e. The highest BCUT2D eigenvalue weighted by atomic mass is 32.2. The van der Waals surface area contributed by atoms with Crippen molar-refractivity contribution in [3.05, 3.63) is 71.0 Å². The number of hydrogen-bond acceptors (Lipinski definition) is 6. The van der Waals surface area contributed by atoms with Crippen molar-refractivity contribution in [1.29, 1.82) is 0 Å². The van der Waals surface area contributed by atoms with Crippen molar-refractivity contribution < 1.29 is 23.4 Å². The molecular weight excluding hydrogens is 480 g/mol. The van der Waals surface area contributed by atoms with E-state index in [0.717, 1.165) is 22.4 Å². The van der Waals surface area contributed by atoms with Crippen molar-refractivity contribution >= 4 is 16.0 Å². The Bertz CT molecular complexity index is 1290. The first-order chi connectivity index (χ1) is 17.1. The number of para-hydroxylation sites is 1. The van der Waals surface area contributed by atoms with Crippen molar-refractivity contribution in [2.45, 2.75) is 70.4 Å². The fraction of sp³-hybridized carbons (Fsp3) is 0.423. The number of benzene rings is 2. The zero-order valence-corrected chi connectivity index (χ0v) is 21.8. The number of aliphatic carboxylic acids is 1. The summed E-state index contributed by atoms with van der Waals surface area (Å²) in [7, 11) is -3.94. The molecule has 0 amide bonds.